The number of benzene rings is 1. The van der Waals surface area contributed by atoms with E-state index in [-0.39, 0.29) is 12.0 Å². The fourth-order valence-electron chi connectivity index (χ4n) is 3.31. The molecule has 0 saturated heterocycles. The van der Waals surface area contributed by atoms with E-state index in [1.165, 1.54) is 5.56 Å². The summed E-state index contributed by atoms with van der Waals surface area (Å²) in [4.78, 5) is 26.3. The lowest BCUT2D eigenvalue weighted by Crippen LogP contribution is -2.31. The number of aromatic nitrogens is 1. The molecule has 5 heteroatoms. The van der Waals surface area contributed by atoms with E-state index in [4.69, 9.17) is 4.74 Å². The molecular weight excluding hydrogens is 328 g/mol. The van der Waals surface area contributed by atoms with Crippen molar-refractivity contribution < 1.29 is 14.3 Å². The molecule has 0 unspecified atom stereocenters. The van der Waals surface area contributed by atoms with E-state index in [0.717, 1.165) is 22.9 Å². The smallest absolute Gasteiger partial charge is 0.419 e. The molecule has 1 aromatic carbocycles. The van der Waals surface area contributed by atoms with Gasteiger partial charge >= 0.3 is 6.09 Å². The minimum atomic E-state index is -0.553. The SMILES string of the molecule is CC(=O)N1C/C=C\Cc2cccc3c2c(cn3C(=O)OC(C)(C)C)CC1. The molecule has 0 aliphatic carbocycles. The van der Waals surface area contributed by atoms with Gasteiger partial charge in [0.15, 0.2) is 0 Å². The minimum absolute atomic E-state index is 0.0614. The Morgan fingerprint density at radius 1 is 1.12 bits per heavy atom. The van der Waals surface area contributed by atoms with Crippen LogP contribution < -0.4 is 0 Å². The maximum Gasteiger partial charge on any atom is 0.419 e. The molecule has 3 rings (SSSR count). The summed E-state index contributed by atoms with van der Waals surface area (Å²) in [7, 11) is 0. The Morgan fingerprint density at radius 3 is 2.58 bits per heavy atom. The second-order valence-electron chi connectivity index (χ2n) is 7.71. The fourth-order valence-corrected chi connectivity index (χ4v) is 3.31. The predicted octanol–water partition coefficient (Wildman–Crippen LogP) is 3.93. The third kappa shape index (κ3) is 3.82. The number of hydrogen-bond donors (Lipinski definition) is 0. The molecule has 0 saturated carbocycles. The highest BCUT2D eigenvalue weighted by molar-refractivity contribution is 5.94. The summed E-state index contributed by atoms with van der Waals surface area (Å²) >= 11 is 0. The van der Waals surface area contributed by atoms with Crippen LogP contribution in [0.4, 0.5) is 4.79 Å². The molecule has 1 aliphatic rings. The van der Waals surface area contributed by atoms with E-state index in [2.05, 4.69) is 12.1 Å². The first-order valence-corrected chi connectivity index (χ1v) is 9.02. The van der Waals surface area contributed by atoms with Crippen LogP contribution in [0, 0.1) is 0 Å². The topological polar surface area (TPSA) is 51.5 Å². The summed E-state index contributed by atoms with van der Waals surface area (Å²) in [6.45, 7) is 8.42. The molecule has 1 aliphatic heterocycles. The van der Waals surface area contributed by atoms with Crippen molar-refractivity contribution in [3.8, 4) is 0 Å². The zero-order chi connectivity index (χ0) is 18.9. The van der Waals surface area contributed by atoms with Crippen LogP contribution in [-0.4, -0.2) is 40.2 Å². The van der Waals surface area contributed by atoms with Gasteiger partial charge in [0.1, 0.15) is 5.60 Å². The Morgan fingerprint density at radius 2 is 1.88 bits per heavy atom. The monoisotopic (exact) mass is 354 g/mol. The molecule has 26 heavy (non-hydrogen) atoms. The Bertz CT molecular complexity index is 871. The highest BCUT2D eigenvalue weighted by Crippen LogP contribution is 2.28. The first-order chi connectivity index (χ1) is 12.3. The molecule has 0 N–H and O–H groups in total. The summed E-state index contributed by atoms with van der Waals surface area (Å²) in [5.41, 5.74) is 2.56. The van der Waals surface area contributed by atoms with Gasteiger partial charge in [0.2, 0.25) is 5.91 Å². The van der Waals surface area contributed by atoms with E-state index in [1.807, 2.05) is 50.1 Å². The Kier molecular flexibility index (Phi) is 4.90. The van der Waals surface area contributed by atoms with Gasteiger partial charge in [0, 0.05) is 31.6 Å². The number of hydrogen-bond acceptors (Lipinski definition) is 3. The number of rotatable bonds is 0. The highest BCUT2D eigenvalue weighted by atomic mass is 16.6. The van der Waals surface area contributed by atoms with Crippen molar-refractivity contribution in [3.05, 3.63) is 47.7 Å². The average Bonchev–Trinajstić information content (AvgIpc) is 2.92. The maximum absolute atomic E-state index is 12.7. The van der Waals surface area contributed by atoms with Crippen molar-refractivity contribution in [3.63, 3.8) is 0 Å². The lowest BCUT2D eigenvalue weighted by atomic mass is 10.0. The van der Waals surface area contributed by atoms with Gasteiger partial charge in [-0.05, 0) is 50.8 Å². The third-order valence-electron chi connectivity index (χ3n) is 4.51. The standard InChI is InChI=1S/C21H26N2O3/c1-15(24)22-12-6-5-8-16-9-7-10-18-19(16)17(11-13-22)14-23(18)20(25)26-21(2,3)4/h5-7,9-10,14H,8,11-13H2,1-4H3/b6-5-. The normalized spacial score (nSPS) is 16.4. The summed E-state index contributed by atoms with van der Waals surface area (Å²) in [6, 6.07) is 6.02. The third-order valence-corrected chi connectivity index (χ3v) is 4.51. The number of amides is 1. The summed E-state index contributed by atoms with van der Waals surface area (Å²) in [6.07, 6.45) is 7.09. The van der Waals surface area contributed by atoms with Gasteiger partial charge < -0.3 is 9.64 Å². The number of nitrogens with zero attached hydrogens (tertiary/aromatic N) is 2. The van der Waals surface area contributed by atoms with Crippen molar-refractivity contribution in [2.45, 2.75) is 46.1 Å². The molecule has 138 valence electrons. The van der Waals surface area contributed by atoms with Crippen LogP contribution in [0.15, 0.2) is 36.5 Å². The van der Waals surface area contributed by atoms with E-state index >= 15 is 0 Å². The van der Waals surface area contributed by atoms with Gasteiger partial charge in [-0.15, -0.1) is 0 Å². The number of carbonyl (C=O) groups is 2. The quantitative estimate of drug-likeness (QED) is 0.674. The molecule has 0 atom stereocenters. The lowest BCUT2D eigenvalue weighted by Gasteiger charge is -2.20. The van der Waals surface area contributed by atoms with Crippen molar-refractivity contribution >= 4 is 22.9 Å². The van der Waals surface area contributed by atoms with Crippen molar-refractivity contribution in [2.75, 3.05) is 13.1 Å². The largest absolute Gasteiger partial charge is 0.443 e. The second-order valence-corrected chi connectivity index (χ2v) is 7.71. The zero-order valence-corrected chi connectivity index (χ0v) is 15.9. The van der Waals surface area contributed by atoms with Crippen LogP contribution in [0.3, 0.4) is 0 Å². The van der Waals surface area contributed by atoms with E-state index in [1.54, 1.807) is 11.5 Å². The van der Waals surface area contributed by atoms with Crippen LogP contribution >= 0.6 is 0 Å². The van der Waals surface area contributed by atoms with Gasteiger partial charge in [-0.2, -0.15) is 0 Å². The Balaban J connectivity index is 2.07. The molecule has 5 nitrogen and oxygen atoms in total. The van der Waals surface area contributed by atoms with Crippen LogP contribution in [0.1, 0.15) is 38.8 Å². The molecule has 0 fully saturated rings. The number of carbonyl (C=O) groups excluding carboxylic acids is 2. The van der Waals surface area contributed by atoms with Crippen LogP contribution in [0.2, 0.25) is 0 Å². The average molecular weight is 354 g/mol. The Hall–Kier alpha value is -2.56. The van der Waals surface area contributed by atoms with Crippen LogP contribution in [0.25, 0.3) is 10.9 Å². The van der Waals surface area contributed by atoms with E-state index in [0.29, 0.717) is 19.5 Å². The van der Waals surface area contributed by atoms with Crippen molar-refractivity contribution in [1.29, 1.82) is 0 Å². The van der Waals surface area contributed by atoms with Gasteiger partial charge in [-0.25, -0.2) is 4.79 Å². The highest BCUT2D eigenvalue weighted by Gasteiger charge is 2.22. The lowest BCUT2D eigenvalue weighted by molar-refractivity contribution is -0.128. The number of allylic oxidation sites excluding steroid dienone is 1. The molecule has 0 bridgehead atoms. The van der Waals surface area contributed by atoms with E-state index in [9.17, 15) is 9.59 Å². The van der Waals surface area contributed by atoms with Crippen LogP contribution in [-0.2, 0) is 22.4 Å². The minimum Gasteiger partial charge on any atom is -0.443 e. The molecule has 1 aromatic heterocycles. The van der Waals surface area contributed by atoms with Gasteiger partial charge in [0.05, 0.1) is 5.52 Å². The van der Waals surface area contributed by atoms with Crippen molar-refractivity contribution in [2.24, 2.45) is 0 Å². The molecule has 2 aromatic rings. The first kappa shape index (κ1) is 18.2. The number of ether oxygens (including phenoxy) is 1. The molecule has 2 heterocycles. The molecular formula is C21H26N2O3. The predicted molar refractivity (Wildman–Crippen MR) is 102 cm³/mol. The maximum atomic E-state index is 12.7. The van der Waals surface area contributed by atoms with Gasteiger partial charge in [0.25, 0.3) is 0 Å². The second kappa shape index (κ2) is 6.98. The molecule has 0 radical (unpaired) electrons. The summed E-state index contributed by atoms with van der Waals surface area (Å²) in [5, 5.41) is 1.09. The fraction of sp³-hybridized carbons (Fsp3) is 0.429. The molecule has 0 spiro atoms. The summed E-state index contributed by atoms with van der Waals surface area (Å²) < 4.78 is 7.16. The molecule has 1 amide bonds. The Labute approximate surface area is 154 Å². The zero-order valence-electron chi connectivity index (χ0n) is 15.9. The van der Waals surface area contributed by atoms with E-state index < -0.39 is 5.60 Å². The first-order valence-electron chi connectivity index (χ1n) is 9.02. The van der Waals surface area contributed by atoms with Gasteiger partial charge in [-0.1, -0.05) is 24.3 Å². The summed E-state index contributed by atoms with van der Waals surface area (Å²) in [5.74, 6) is 0.0614. The van der Waals surface area contributed by atoms with Crippen LogP contribution in [0.5, 0.6) is 0 Å². The van der Waals surface area contributed by atoms with Gasteiger partial charge in [-0.3, -0.25) is 9.36 Å². The van der Waals surface area contributed by atoms with Crippen molar-refractivity contribution in [1.82, 2.24) is 9.47 Å².